The van der Waals surface area contributed by atoms with Gasteiger partial charge in [0.15, 0.2) is 0 Å². The summed E-state index contributed by atoms with van der Waals surface area (Å²) in [7, 11) is 0. The molecule has 28 heavy (non-hydrogen) atoms. The predicted molar refractivity (Wildman–Crippen MR) is 94.9 cm³/mol. The number of thioether (sulfide) groups is 1. The van der Waals surface area contributed by atoms with Crippen LogP contribution >= 0.6 is 11.8 Å². The second-order valence-electron chi connectivity index (χ2n) is 5.87. The Balaban J connectivity index is 1.69. The van der Waals surface area contributed by atoms with E-state index in [1.165, 1.54) is 30.3 Å². The number of nitrogens with one attached hydrogen (secondary N) is 1. The Morgan fingerprint density at radius 2 is 1.93 bits per heavy atom. The molecule has 0 spiro atoms. The Kier molecular flexibility index (Phi) is 5.32. The lowest BCUT2D eigenvalue weighted by atomic mass is 10.1. The van der Waals surface area contributed by atoms with Crippen LogP contribution in [-0.4, -0.2) is 23.0 Å². The molecule has 3 rings (SSSR count). The number of anilines is 1. The van der Waals surface area contributed by atoms with Crippen molar-refractivity contribution in [3.8, 4) is 5.75 Å². The molecular formula is C18H13F3N2O4S. The summed E-state index contributed by atoms with van der Waals surface area (Å²) in [5.41, 5.74) is 4.48. The Labute approximate surface area is 161 Å². The molecule has 0 saturated heterocycles. The van der Waals surface area contributed by atoms with Crippen LogP contribution in [0.5, 0.6) is 5.75 Å². The number of carbonyl (C=O) groups is 3. The van der Waals surface area contributed by atoms with E-state index in [9.17, 15) is 27.6 Å². The van der Waals surface area contributed by atoms with Gasteiger partial charge in [0.1, 0.15) is 5.75 Å². The first kappa shape index (κ1) is 19.7. The van der Waals surface area contributed by atoms with Gasteiger partial charge in [-0.05, 0) is 36.4 Å². The lowest BCUT2D eigenvalue weighted by molar-refractivity contribution is -0.137. The van der Waals surface area contributed by atoms with Gasteiger partial charge in [-0.25, -0.2) is 0 Å². The third-order valence-corrected chi connectivity index (χ3v) is 5.10. The number of carbonyl (C=O) groups excluding carboxylic acids is 3. The van der Waals surface area contributed by atoms with Gasteiger partial charge in [-0.15, -0.1) is 11.8 Å². The number of alkyl halides is 3. The highest BCUT2D eigenvalue weighted by Crippen LogP contribution is 2.40. The van der Waals surface area contributed by atoms with Crippen LogP contribution in [0.2, 0.25) is 0 Å². The van der Waals surface area contributed by atoms with Crippen molar-refractivity contribution in [3.05, 3.63) is 53.6 Å². The monoisotopic (exact) mass is 410 g/mol. The van der Waals surface area contributed by atoms with Crippen LogP contribution in [0, 0.1) is 0 Å². The highest BCUT2D eigenvalue weighted by molar-refractivity contribution is 8.01. The number of fused-ring (bicyclic) bond motifs is 1. The van der Waals surface area contributed by atoms with Gasteiger partial charge in [-0.2, -0.15) is 13.2 Å². The topological polar surface area (TPSA) is 98.5 Å². The van der Waals surface area contributed by atoms with Gasteiger partial charge < -0.3 is 15.8 Å². The Morgan fingerprint density at radius 1 is 1.18 bits per heavy atom. The van der Waals surface area contributed by atoms with Crippen LogP contribution in [0.3, 0.4) is 0 Å². The third-order valence-electron chi connectivity index (χ3n) is 3.83. The molecule has 0 radical (unpaired) electrons. The van der Waals surface area contributed by atoms with E-state index in [2.05, 4.69) is 5.32 Å². The average molecular weight is 410 g/mol. The summed E-state index contributed by atoms with van der Waals surface area (Å²) in [6.45, 7) is 0. The van der Waals surface area contributed by atoms with E-state index in [4.69, 9.17) is 10.5 Å². The molecule has 0 aliphatic carbocycles. The Morgan fingerprint density at radius 3 is 2.61 bits per heavy atom. The fourth-order valence-electron chi connectivity index (χ4n) is 2.50. The second-order valence-corrected chi connectivity index (χ2v) is 7.12. The first-order valence-electron chi connectivity index (χ1n) is 7.93. The van der Waals surface area contributed by atoms with Crippen LogP contribution in [0.15, 0.2) is 47.4 Å². The minimum Gasteiger partial charge on any atom is -0.426 e. The van der Waals surface area contributed by atoms with Crippen molar-refractivity contribution < 1.29 is 32.3 Å². The number of nitrogens with two attached hydrogens (primary N) is 1. The number of hydrogen-bond acceptors (Lipinski definition) is 5. The quantitative estimate of drug-likeness (QED) is 0.596. The van der Waals surface area contributed by atoms with Gasteiger partial charge in [0, 0.05) is 10.5 Å². The number of esters is 1. The minimum absolute atomic E-state index is 0.0450. The fourth-order valence-corrected chi connectivity index (χ4v) is 3.57. The predicted octanol–water partition coefficient (Wildman–Crippen LogP) is 3.21. The van der Waals surface area contributed by atoms with Crippen LogP contribution in [0.25, 0.3) is 0 Å². The number of ether oxygens (including phenoxy) is 1. The van der Waals surface area contributed by atoms with Crippen molar-refractivity contribution in [2.45, 2.75) is 22.7 Å². The normalized spacial score (nSPS) is 16.1. The van der Waals surface area contributed by atoms with E-state index in [0.29, 0.717) is 4.90 Å². The summed E-state index contributed by atoms with van der Waals surface area (Å²) in [4.78, 5) is 35.9. The minimum atomic E-state index is -4.52. The van der Waals surface area contributed by atoms with E-state index in [-0.39, 0.29) is 23.4 Å². The number of benzene rings is 2. The molecule has 2 aromatic carbocycles. The molecule has 146 valence electrons. The first-order chi connectivity index (χ1) is 13.1. The molecule has 0 bridgehead atoms. The Bertz CT molecular complexity index is 962. The standard InChI is InChI=1S/C18H13F3N2O4S/c19-18(20,21)10-4-5-13-12(7-10)23-17(26)14(28-13)8-15(24)27-11-3-1-2-9(6-11)16(22)25/h1-7,14H,8H2,(H2,22,25)(H,23,26). The van der Waals surface area contributed by atoms with Crippen LogP contribution in [0.1, 0.15) is 22.3 Å². The zero-order chi connectivity index (χ0) is 20.5. The summed E-state index contributed by atoms with van der Waals surface area (Å²) in [6.07, 6.45) is -4.83. The highest BCUT2D eigenvalue weighted by atomic mass is 32.2. The largest absolute Gasteiger partial charge is 0.426 e. The lowest BCUT2D eigenvalue weighted by Gasteiger charge is -2.24. The van der Waals surface area contributed by atoms with Crippen molar-refractivity contribution in [2.24, 2.45) is 5.73 Å². The van der Waals surface area contributed by atoms with Crippen molar-refractivity contribution in [3.63, 3.8) is 0 Å². The van der Waals surface area contributed by atoms with Crippen LogP contribution in [0.4, 0.5) is 18.9 Å². The van der Waals surface area contributed by atoms with Gasteiger partial charge in [0.25, 0.3) is 0 Å². The second kappa shape index (κ2) is 7.55. The molecule has 6 nitrogen and oxygen atoms in total. The summed E-state index contributed by atoms with van der Waals surface area (Å²) in [6, 6.07) is 8.69. The number of primary amides is 1. The molecule has 0 saturated carbocycles. The van der Waals surface area contributed by atoms with Crippen molar-refractivity contribution in [2.75, 3.05) is 5.32 Å². The van der Waals surface area contributed by atoms with Gasteiger partial charge in [-0.3, -0.25) is 14.4 Å². The molecule has 2 aromatic rings. The molecule has 2 amide bonds. The zero-order valence-corrected chi connectivity index (χ0v) is 14.9. The van der Waals surface area contributed by atoms with Crippen LogP contribution < -0.4 is 15.8 Å². The van der Waals surface area contributed by atoms with E-state index >= 15 is 0 Å². The Hall–Kier alpha value is -3.01. The lowest BCUT2D eigenvalue weighted by Crippen LogP contribution is -2.32. The average Bonchev–Trinajstić information content (AvgIpc) is 2.61. The van der Waals surface area contributed by atoms with Gasteiger partial charge >= 0.3 is 12.1 Å². The van der Waals surface area contributed by atoms with Crippen molar-refractivity contribution in [1.29, 1.82) is 0 Å². The zero-order valence-electron chi connectivity index (χ0n) is 14.1. The highest BCUT2D eigenvalue weighted by Gasteiger charge is 2.34. The molecule has 3 N–H and O–H groups in total. The number of rotatable bonds is 4. The van der Waals surface area contributed by atoms with Gasteiger partial charge in [0.2, 0.25) is 11.8 Å². The SMILES string of the molecule is NC(=O)c1cccc(OC(=O)CC2Sc3ccc(C(F)(F)F)cc3NC2=O)c1. The molecule has 1 atom stereocenters. The van der Waals surface area contributed by atoms with Gasteiger partial charge in [0.05, 0.1) is 22.9 Å². The molecule has 1 aliphatic rings. The molecule has 1 heterocycles. The van der Waals surface area contributed by atoms with Gasteiger partial charge in [-0.1, -0.05) is 6.07 Å². The fraction of sp³-hybridized carbons (Fsp3) is 0.167. The summed E-state index contributed by atoms with van der Waals surface area (Å²) >= 11 is 0.977. The molecule has 0 aromatic heterocycles. The van der Waals surface area contributed by atoms with Crippen molar-refractivity contribution >= 4 is 35.2 Å². The van der Waals surface area contributed by atoms with E-state index < -0.39 is 34.8 Å². The maximum Gasteiger partial charge on any atom is 0.416 e. The first-order valence-corrected chi connectivity index (χ1v) is 8.81. The van der Waals surface area contributed by atoms with E-state index in [1.54, 1.807) is 0 Å². The smallest absolute Gasteiger partial charge is 0.416 e. The molecule has 1 unspecified atom stereocenters. The third kappa shape index (κ3) is 4.45. The van der Waals surface area contributed by atoms with Crippen LogP contribution in [-0.2, 0) is 15.8 Å². The maximum atomic E-state index is 12.8. The van der Waals surface area contributed by atoms with E-state index in [1.807, 2.05) is 0 Å². The summed E-state index contributed by atoms with van der Waals surface area (Å²) in [5.74, 6) is -1.92. The number of amides is 2. The summed E-state index contributed by atoms with van der Waals surface area (Å²) < 4.78 is 43.5. The molecular weight excluding hydrogens is 397 g/mol. The number of halogens is 3. The maximum absolute atomic E-state index is 12.8. The van der Waals surface area contributed by atoms with Crippen molar-refractivity contribution in [1.82, 2.24) is 0 Å². The number of hydrogen-bond donors (Lipinski definition) is 2. The molecule has 10 heteroatoms. The summed E-state index contributed by atoms with van der Waals surface area (Å²) in [5, 5.41) is 1.52. The molecule has 1 aliphatic heterocycles. The molecule has 0 fully saturated rings. The van der Waals surface area contributed by atoms with E-state index in [0.717, 1.165) is 23.9 Å².